The first-order valence-corrected chi connectivity index (χ1v) is 7.28. The summed E-state index contributed by atoms with van der Waals surface area (Å²) in [5, 5.41) is 2.73. The molecule has 1 N–H and O–H groups in total. The lowest BCUT2D eigenvalue weighted by Gasteiger charge is -2.11. The van der Waals surface area contributed by atoms with Gasteiger partial charge in [-0.3, -0.25) is 4.79 Å². The number of benzene rings is 2. The van der Waals surface area contributed by atoms with Crippen LogP contribution in [0.1, 0.15) is 15.9 Å². The highest BCUT2D eigenvalue weighted by atomic mass is 79.9. The summed E-state index contributed by atoms with van der Waals surface area (Å²) >= 11 is 3.22. The van der Waals surface area contributed by atoms with E-state index in [1.807, 2.05) is 0 Å². The third-order valence-corrected chi connectivity index (χ3v) is 3.48. The molecule has 2 aromatic carbocycles. The maximum absolute atomic E-state index is 13.3. The molecule has 22 heavy (non-hydrogen) atoms. The van der Waals surface area contributed by atoms with Gasteiger partial charge in [0.25, 0.3) is 5.91 Å². The van der Waals surface area contributed by atoms with Gasteiger partial charge in [0, 0.05) is 11.0 Å². The van der Waals surface area contributed by atoms with E-state index in [2.05, 4.69) is 21.2 Å². The molecule has 4 nitrogen and oxygen atoms in total. The van der Waals surface area contributed by atoms with Crippen LogP contribution in [0.15, 0.2) is 40.9 Å². The topological polar surface area (TPSA) is 47.6 Å². The third-order valence-electron chi connectivity index (χ3n) is 3.03. The van der Waals surface area contributed by atoms with E-state index in [1.54, 1.807) is 24.3 Å². The molecule has 2 rings (SSSR count). The van der Waals surface area contributed by atoms with Gasteiger partial charge in [-0.1, -0.05) is 15.9 Å². The molecule has 0 bridgehead atoms. The highest BCUT2D eigenvalue weighted by molar-refractivity contribution is 9.10. The van der Waals surface area contributed by atoms with E-state index in [1.165, 1.54) is 26.4 Å². The van der Waals surface area contributed by atoms with E-state index in [-0.39, 0.29) is 18.3 Å². The molecule has 0 saturated carbocycles. The molecule has 0 spiro atoms. The van der Waals surface area contributed by atoms with Crippen LogP contribution in [0.2, 0.25) is 0 Å². The number of hydrogen-bond donors (Lipinski definition) is 1. The Kier molecular flexibility index (Phi) is 5.38. The Balaban J connectivity index is 2.15. The van der Waals surface area contributed by atoms with Crippen LogP contribution >= 0.6 is 15.9 Å². The summed E-state index contributed by atoms with van der Waals surface area (Å²) in [7, 11) is 3.01. The van der Waals surface area contributed by atoms with Crippen molar-refractivity contribution < 1.29 is 18.7 Å². The van der Waals surface area contributed by atoms with E-state index < -0.39 is 0 Å². The predicted octanol–water partition coefficient (Wildman–Crippen LogP) is 3.54. The molecule has 0 radical (unpaired) electrons. The maximum Gasteiger partial charge on any atom is 0.255 e. The highest BCUT2D eigenvalue weighted by Gasteiger charge is 2.13. The maximum atomic E-state index is 13.3. The van der Waals surface area contributed by atoms with E-state index in [9.17, 15) is 9.18 Å². The predicted molar refractivity (Wildman–Crippen MR) is 84.8 cm³/mol. The minimum atomic E-state index is -0.363. The summed E-state index contributed by atoms with van der Waals surface area (Å²) < 4.78 is 24.2. The van der Waals surface area contributed by atoms with E-state index in [0.29, 0.717) is 27.1 Å². The van der Waals surface area contributed by atoms with Crippen molar-refractivity contribution in [3.63, 3.8) is 0 Å². The van der Waals surface area contributed by atoms with Gasteiger partial charge in [-0.15, -0.1) is 0 Å². The van der Waals surface area contributed by atoms with E-state index in [0.717, 1.165) is 0 Å². The van der Waals surface area contributed by atoms with Crippen molar-refractivity contribution in [2.24, 2.45) is 0 Å². The van der Waals surface area contributed by atoms with Gasteiger partial charge in [0.15, 0.2) is 0 Å². The van der Waals surface area contributed by atoms with Crippen LogP contribution in [0.3, 0.4) is 0 Å². The Morgan fingerprint density at radius 2 is 1.95 bits per heavy atom. The number of carbonyl (C=O) groups is 1. The largest absolute Gasteiger partial charge is 0.497 e. The van der Waals surface area contributed by atoms with Gasteiger partial charge in [0.1, 0.15) is 17.3 Å². The molecule has 2 aromatic rings. The summed E-state index contributed by atoms with van der Waals surface area (Å²) in [5.41, 5.74) is 1.01. The first-order chi connectivity index (χ1) is 10.5. The average Bonchev–Trinajstić information content (AvgIpc) is 2.51. The quantitative estimate of drug-likeness (QED) is 0.879. The first-order valence-electron chi connectivity index (χ1n) is 6.48. The molecule has 0 aliphatic rings. The van der Waals surface area contributed by atoms with E-state index >= 15 is 0 Å². The fraction of sp³-hybridized carbons (Fsp3) is 0.188. The highest BCUT2D eigenvalue weighted by Crippen LogP contribution is 2.24. The summed E-state index contributed by atoms with van der Waals surface area (Å²) in [6.07, 6.45) is 0. The van der Waals surface area contributed by atoms with Crippen molar-refractivity contribution in [2.45, 2.75) is 6.54 Å². The lowest BCUT2D eigenvalue weighted by atomic mass is 10.1. The lowest BCUT2D eigenvalue weighted by Crippen LogP contribution is -2.23. The van der Waals surface area contributed by atoms with Gasteiger partial charge in [0.2, 0.25) is 0 Å². The SMILES string of the molecule is COc1ccc(OC)c(C(=O)NCc2cc(F)cc(Br)c2)c1. The van der Waals surface area contributed by atoms with Crippen molar-refractivity contribution in [3.8, 4) is 11.5 Å². The Hall–Kier alpha value is -2.08. The molecule has 0 fully saturated rings. The number of rotatable bonds is 5. The van der Waals surface area contributed by atoms with Crippen molar-refractivity contribution >= 4 is 21.8 Å². The van der Waals surface area contributed by atoms with Crippen molar-refractivity contribution in [1.82, 2.24) is 5.32 Å². The first kappa shape index (κ1) is 16.3. The van der Waals surface area contributed by atoms with Crippen molar-refractivity contribution in [1.29, 1.82) is 0 Å². The summed E-state index contributed by atoms with van der Waals surface area (Å²) in [5.74, 6) is 0.312. The Labute approximate surface area is 136 Å². The lowest BCUT2D eigenvalue weighted by molar-refractivity contribution is 0.0947. The molecule has 6 heteroatoms. The fourth-order valence-corrected chi connectivity index (χ4v) is 2.49. The van der Waals surface area contributed by atoms with Gasteiger partial charge >= 0.3 is 0 Å². The number of carbonyl (C=O) groups excluding carboxylic acids is 1. The van der Waals surface area contributed by atoms with Crippen LogP contribution in [-0.4, -0.2) is 20.1 Å². The minimum Gasteiger partial charge on any atom is -0.497 e. The number of methoxy groups -OCH3 is 2. The normalized spacial score (nSPS) is 10.2. The molecule has 0 atom stereocenters. The fourth-order valence-electron chi connectivity index (χ4n) is 1.98. The molecule has 1 amide bonds. The van der Waals surface area contributed by atoms with Gasteiger partial charge in [-0.2, -0.15) is 0 Å². The van der Waals surface area contributed by atoms with Crippen LogP contribution < -0.4 is 14.8 Å². The zero-order chi connectivity index (χ0) is 16.1. The zero-order valence-corrected chi connectivity index (χ0v) is 13.7. The van der Waals surface area contributed by atoms with Gasteiger partial charge in [-0.05, 0) is 42.0 Å². The van der Waals surface area contributed by atoms with Gasteiger partial charge in [-0.25, -0.2) is 4.39 Å². The van der Waals surface area contributed by atoms with Gasteiger partial charge < -0.3 is 14.8 Å². The second kappa shape index (κ2) is 7.26. The molecule has 0 aromatic heterocycles. The second-order valence-corrected chi connectivity index (χ2v) is 5.44. The molecule has 0 aliphatic heterocycles. The monoisotopic (exact) mass is 367 g/mol. The molecule has 0 heterocycles. The molecular formula is C16H15BrFNO3. The Morgan fingerprint density at radius 3 is 2.59 bits per heavy atom. The molecule has 0 unspecified atom stereocenters. The third kappa shape index (κ3) is 3.98. The molecular weight excluding hydrogens is 353 g/mol. The van der Waals surface area contributed by atoms with Crippen molar-refractivity contribution in [3.05, 3.63) is 57.8 Å². The Bertz CT molecular complexity index is 671. The van der Waals surface area contributed by atoms with Gasteiger partial charge in [0.05, 0.1) is 19.8 Å². The summed E-state index contributed by atoms with van der Waals surface area (Å²) in [6, 6.07) is 9.43. The van der Waals surface area contributed by atoms with Crippen molar-refractivity contribution in [2.75, 3.05) is 14.2 Å². The molecule has 0 saturated heterocycles. The average molecular weight is 368 g/mol. The van der Waals surface area contributed by atoms with Crippen LogP contribution in [0, 0.1) is 5.82 Å². The van der Waals surface area contributed by atoms with Crippen LogP contribution in [0.5, 0.6) is 11.5 Å². The van der Waals surface area contributed by atoms with Crippen LogP contribution in [0.4, 0.5) is 4.39 Å². The van der Waals surface area contributed by atoms with Crippen LogP contribution in [-0.2, 0) is 6.54 Å². The van der Waals surface area contributed by atoms with Crippen LogP contribution in [0.25, 0.3) is 0 Å². The number of ether oxygens (including phenoxy) is 2. The minimum absolute atomic E-state index is 0.204. The molecule has 0 aliphatic carbocycles. The summed E-state index contributed by atoms with van der Waals surface area (Å²) in [6.45, 7) is 0.204. The number of amides is 1. The molecule has 116 valence electrons. The zero-order valence-electron chi connectivity index (χ0n) is 12.2. The van der Waals surface area contributed by atoms with E-state index in [4.69, 9.17) is 9.47 Å². The number of hydrogen-bond acceptors (Lipinski definition) is 3. The second-order valence-electron chi connectivity index (χ2n) is 4.53. The number of nitrogens with one attached hydrogen (secondary N) is 1. The standard InChI is InChI=1S/C16H15BrFNO3/c1-21-13-3-4-15(22-2)14(8-13)16(20)19-9-10-5-11(17)7-12(18)6-10/h3-8H,9H2,1-2H3,(H,19,20). The number of halogens is 2. The Morgan fingerprint density at radius 1 is 1.18 bits per heavy atom. The smallest absolute Gasteiger partial charge is 0.255 e. The summed E-state index contributed by atoms with van der Waals surface area (Å²) in [4.78, 5) is 12.3.